The van der Waals surface area contributed by atoms with Crippen molar-refractivity contribution >= 4 is 0 Å². The Morgan fingerprint density at radius 2 is 2.21 bits per heavy atom. The van der Waals surface area contributed by atoms with Crippen LogP contribution < -0.4 is 9.47 Å². The summed E-state index contributed by atoms with van der Waals surface area (Å²) in [6.07, 6.45) is 3.72. The molecule has 2 aromatic rings. The Hall–Kier alpha value is -2.48. The topological polar surface area (TPSA) is 60.1 Å². The Bertz CT molecular complexity index is 599. The van der Waals surface area contributed by atoms with Crippen molar-refractivity contribution in [1.82, 2.24) is 9.78 Å². The molecule has 5 heteroatoms. The van der Waals surface area contributed by atoms with Crippen molar-refractivity contribution in [2.45, 2.75) is 20.1 Å². The number of nitriles is 1. The molecule has 1 aromatic carbocycles. The highest BCUT2D eigenvalue weighted by Gasteiger charge is 2.06. The first kappa shape index (κ1) is 13.0. The summed E-state index contributed by atoms with van der Waals surface area (Å²) in [5, 5.41) is 13.0. The maximum atomic E-state index is 8.83. The molecule has 0 saturated heterocycles. The molecule has 0 amide bonds. The molecule has 0 atom stereocenters. The Morgan fingerprint density at radius 3 is 2.84 bits per heavy atom. The molecule has 1 heterocycles. The van der Waals surface area contributed by atoms with E-state index in [1.165, 1.54) is 0 Å². The molecular formula is C14H15N3O2. The molecule has 0 unspecified atom stereocenters. The van der Waals surface area contributed by atoms with Gasteiger partial charge < -0.3 is 9.47 Å². The number of hydrogen-bond donors (Lipinski definition) is 0. The molecule has 0 spiro atoms. The standard InChI is InChI=1S/C14H15N3O2/c1-3-17-9-12(8-16-17)10-19-13-5-4-11(7-15)6-14(13)18-2/h4-6,8-9H,3,10H2,1-2H3. The van der Waals surface area contributed by atoms with Gasteiger partial charge in [-0.15, -0.1) is 0 Å². The van der Waals surface area contributed by atoms with Gasteiger partial charge >= 0.3 is 0 Å². The summed E-state index contributed by atoms with van der Waals surface area (Å²) in [5.74, 6) is 1.17. The molecule has 0 fully saturated rings. The lowest BCUT2D eigenvalue weighted by Crippen LogP contribution is -1.97. The highest BCUT2D eigenvalue weighted by molar-refractivity contribution is 5.46. The molecular weight excluding hydrogens is 242 g/mol. The second-order valence-corrected chi connectivity index (χ2v) is 3.97. The van der Waals surface area contributed by atoms with E-state index in [0.717, 1.165) is 12.1 Å². The number of hydrogen-bond acceptors (Lipinski definition) is 4. The van der Waals surface area contributed by atoms with Crippen LogP contribution >= 0.6 is 0 Å². The third-order valence-electron chi connectivity index (χ3n) is 2.70. The highest BCUT2D eigenvalue weighted by atomic mass is 16.5. The predicted molar refractivity (Wildman–Crippen MR) is 69.9 cm³/mol. The Balaban J connectivity index is 2.08. The molecule has 0 aliphatic rings. The van der Waals surface area contributed by atoms with Crippen molar-refractivity contribution in [2.75, 3.05) is 7.11 Å². The fourth-order valence-corrected chi connectivity index (χ4v) is 1.67. The lowest BCUT2D eigenvalue weighted by molar-refractivity contribution is 0.284. The number of methoxy groups -OCH3 is 1. The highest BCUT2D eigenvalue weighted by Crippen LogP contribution is 2.28. The molecule has 1 aromatic heterocycles. The van der Waals surface area contributed by atoms with Crippen LogP contribution in [0.2, 0.25) is 0 Å². The van der Waals surface area contributed by atoms with Gasteiger partial charge in [-0.1, -0.05) is 0 Å². The summed E-state index contributed by atoms with van der Waals surface area (Å²) in [7, 11) is 1.55. The normalized spacial score (nSPS) is 9.95. The molecule has 0 aliphatic heterocycles. The van der Waals surface area contributed by atoms with Gasteiger partial charge in [-0.2, -0.15) is 10.4 Å². The Labute approximate surface area is 112 Å². The molecule has 19 heavy (non-hydrogen) atoms. The van der Waals surface area contributed by atoms with Gasteiger partial charge in [0.05, 0.1) is 24.9 Å². The van der Waals surface area contributed by atoms with Crippen LogP contribution in [-0.2, 0) is 13.2 Å². The number of ether oxygens (including phenoxy) is 2. The lowest BCUT2D eigenvalue weighted by atomic mass is 10.2. The Kier molecular flexibility index (Phi) is 4.04. The number of aryl methyl sites for hydroxylation is 1. The van der Waals surface area contributed by atoms with Gasteiger partial charge in [-0.25, -0.2) is 0 Å². The van der Waals surface area contributed by atoms with E-state index in [1.54, 1.807) is 31.5 Å². The van der Waals surface area contributed by atoms with E-state index in [-0.39, 0.29) is 0 Å². The smallest absolute Gasteiger partial charge is 0.162 e. The number of aromatic nitrogens is 2. The zero-order chi connectivity index (χ0) is 13.7. The summed E-state index contributed by atoms with van der Waals surface area (Å²) in [5.41, 5.74) is 1.54. The summed E-state index contributed by atoms with van der Waals surface area (Å²) in [4.78, 5) is 0. The van der Waals surface area contributed by atoms with Gasteiger partial charge in [0.2, 0.25) is 0 Å². The maximum absolute atomic E-state index is 8.83. The molecule has 98 valence electrons. The average molecular weight is 257 g/mol. The summed E-state index contributed by atoms with van der Waals surface area (Å²) < 4.78 is 12.7. The van der Waals surface area contributed by atoms with Crippen LogP contribution in [0.25, 0.3) is 0 Å². The number of rotatable bonds is 5. The van der Waals surface area contributed by atoms with Gasteiger partial charge in [-0.05, 0) is 19.1 Å². The van der Waals surface area contributed by atoms with E-state index in [9.17, 15) is 0 Å². The quantitative estimate of drug-likeness (QED) is 0.825. The lowest BCUT2D eigenvalue weighted by Gasteiger charge is -2.09. The second kappa shape index (κ2) is 5.91. The molecule has 0 saturated carbocycles. The number of nitrogens with zero attached hydrogens (tertiary/aromatic N) is 3. The van der Waals surface area contributed by atoms with E-state index < -0.39 is 0 Å². The van der Waals surface area contributed by atoms with E-state index in [4.69, 9.17) is 14.7 Å². The average Bonchev–Trinajstić information content (AvgIpc) is 2.92. The second-order valence-electron chi connectivity index (χ2n) is 3.97. The monoisotopic (exact) mass is 257 g/mol. The summed E-state index contributed by atoms with van der Waals surface area (Å²) in [6, 6.07) is 7.16. The van der Waals surface area contributed by atoms with Crippen molar-refractivity contribution in [3.63, 3.8) is 0 Å². The van der Waals surface area contributed by atoms with Crippen LogP contribution in [0.4, 0.5) is 0 Å². The predicted octanol–water partition coefficient (Wildman–Crippen LogP) is 2.36. The fraction of sp³-hybridized carbons (Fsp3) is 0.286. The minimum atomic E-state index is 0.419. The van der Waals surface area contributed by atoms with E-state index in [2.05, 4.69) is 11.2 Å². The minimum absolute atomic E-state index is 0.419. The van der Waals surface area contributed by atoms with E-state index >= 15 is 0 Å². The molecule has 2 rings (SSSR count). The molecule has 5 nitrogen and oxygen atoms in total. The van der Waals surface area contributed by atoms with Crippen molar-refractivity contribution < 1.29 is 9.47 Å². The van der Waals surface area contributed by atoms with Gasteiger partial charge in [0.25, 0.3) is 0 Å². The van der Waals surface area contributed by atoms with Gasteiger partial charge in [0.1, 0.15) is 6.61 Å². The first-order valence-electron chi connectivity index (χ1n) is 5.99. The molecule has 0 bridgehead atoms. The zero-order valence-electron chi connectivity index (χ0n) is 11.0. The first-order chi connectivity index (χ1) is 9.26. The van der Waals surface area contributed by atoms with Crippen LogP contribution in [0.5, 0.6) is 11.5 Å². The van der Waals surface area contributed by atoms with Crippen LogP contribution in [0.15, 0.2) is 30.6 Å². The van der Waals surface area contributed by atoms with E-state index in [0.29, 0.717) is 23.7 Å². The van der Waals surface area contributed by atoms with Crippen LogP contribution in [0.3, 0.4) is 0 Å². The molecule has 0 aliphatic carbocycles. The van der Waals surface area contributed by atoms with Crippen molar-refractivity contribution in [2.24, 2.45) is 0 Å². The van der Waals surface area contributed by atoms with Gasteiger partial charge in [0.15, 0.2) is 11.5 Å². The van der Waals surface area contributed by atoms with Crippen LogP contribution in [-0.4, -0.2) is 16.9 Å². The van der Waals surface area contributed by atoms with Gasteiger partial charge in [-0.3, -0.25) is 4.68 Å². The van der Waals surface area contributed by atoms with Crippen LogP contribution in [0.1, 0.15) is 18.1 Å². The Morgan fingerprint density at radius 1 is 1.37 bits per heavy atom. The fourth-order valence-electron chi connectivity index (χ4n) is 1.67. The third kappa shape index (κ3) is 3.05. The zero-order valence-corrected chi connectivity index (χ0v) is 11.0. The molecule has 0 radical (unpaired) electrons. The molecule has 0 N–H and O–H groups in total. The van der Waals surface area contributed by atoms with Gasteiger partial charge in [0, 0.05) is 24.4 Å². The first-order valence-corrected chi connectivity index (χ1v) is 5.99. The minimum Gasteiger partial charge on any atom is -0.493 e. The summed E-state index contributed by atoms with van der Waals surface area (Å²) >= 11 is 0. The van der Waals surface area contributed by atoms with Crippen LogP contribution in [0, 0.1) is 11.3 Å². The number of benzene rings is 1. The maximum Gasteiger partial charge on any atom is 0.162 e. The third-order valence-corrected chi connectivity index (χ3v) is 2.70. The van der Waals surface area contributed by atoms with E-state index in [1.807, 2.05) is 17.8 Å². The van der Waals surface area contributed by atoms with Crippen molar-refractivity contribution in [3.8, 4) is 17.6 Å². The van der Waals surface area contributed by atoms with Crippen molar-refractivity contribution in [3.05, 3.63) is 41.7 Å². The summed E-state index contributed by atoms with van der Waals surface area (Å²) in [6.45, 7) is 3.28. The van der Waals surface area contributed by atoms with Crippen molar-refractivity contribution in [1.29, 1.82) is 5.26 Å². The SMILES string of the molecule is CCn1cc(COc2ccc(C#N)cc2OC)cn1. The largest absolute Gasteiger partial charge is 0.493 e.